The molecule has 1 aliphatic rings. The Morgan fingerprint density at radius 2 is 1.68 bits per heavy atom. The summed E-state index contributed by atoms with van der Waals surface area (Å²) in [7, 11) is 0. The summed E-state index contributed by atoms with van der Waals surface area (Å²) < 4.78 is 0. The number of carbonyl (C=O) groups excluding carboxylic acids is 3. The van der Waals surface area contributed by atoms with E-state index in [2.05, 4.69) is 4.99 Å². The van der Waals surface area contributed by atoms with E-state index in [4.69, 9.17) is 11.1 Å². The van der Waals surface area contributed by atoms with Gasteiger partial charge in [0.1, 0.15) is 5.71 Å². The number of aldehydes is 1. The highest BCUT2D eigenvalue weighted by atomic mass is 16.2. The Morgan fingerprint density at radius 1 is 1.03 bits per heavy atom. The molecule has 3 aromatic carbocycles. The lowest BCUT2D eigenvalue weighted by Gasteiger charge is -2.14. The number of benzene rings is 3. The second-order valence-electron chi connectivity index (χ2n) is 7.09. The first-order chi connectivity index (χ1) is 14.4. The van der Waals surface area contributed by atoms with Crippen molar-refractivity contribution < 1.29 is 19.8 Å². The van der Waals surface area contributed by atoms with Crippen LogP contribution in [0, 0.1) is 0 Å². The topological polar surface area (TPSA) is 118 Å². The number of urea groups is 1. The Kier molecular flexibility index (Phi) is 6.06. The predicted molar refractivity (Wildman–Crippen MR) is 122 cm³/mol. The predicted octanol–water partition coefficient (Wildman–Crippen LogP) is 1.95. The summed E-state index contributed by atoms with van der Waals surface area (Å²) in [6.07, 6.45) is 0.826. The Balaban J connectivity index is 0.00000272. The van der Waals surface area contributed by atoms with Crippen LogP contribution in [0.5, 0.6) is 0 Å². The Bertz CT molecular complexity index is 1230. The fourth-order valence-electron chi connectivity index (χ4n) is 3.41. The largest absolute Gasteiger partial charge is 0.348 e. The van der Waals surface area contributed by atoms with E-state index in [1.807, 2.05) is 36.4 Å². The lowest BCUT2D eigenvalue weighted by Crippen LogP contribution is -2.46. The van der Waals surface area contributed by atoms with Gasteiger partial charge in [-0.1, -0.05) is 31.7 Å². The van der Waals surface area contributed by atoms with Crippen LogP contribution in [0.1, 0.15) is 28.9 Å². The highest BCUT2D eigenvalue weighted by molar-refractivity contribution is 6.36. The van der Waals surface area contributed by atoms with Gasteiger partial charge >= 0.3 is 6.03 Å². The first-order valence-electron chi connectivity index (χ1n) is 9.33. The minimum Gasteiger partial charge on any atom is -0.296 e. The second kappa shape index (κ2) is 8.71. The van der Waals surface area contributed by atoms with Crippen molar-refractivity contribution in [2.75, 3.05) is 11.4 Å². The third-order valence-electron chi connectivity index (χ3n) is 5.03. The molecule has 0 saturated carbocycles. The first kappa shape index (κ1) is 21.6. The molecule has 0 aromatic heterocycles. The van der Waals surface area contributed by atoms with E-state index < -0.39 is 6.03 Å². The quantitative estimate of drug-likeness (QED) is 0.277. The molecule has 0 aliphatic carbocycles. The number of amidine groups is 1. The molecule has 0 bridgehead atoms. The van der Waals surface area contributed by atoms with Gasteiger partial charge < -0.3 is 0 Å². The number of fused-ring (bicyclic) bond motifs is 1. The number of carbonyl (C=O) groups is 3. The maximum Gasteiger partial charge on any atom is 0.348 e. The van der Waals surface area contributed by atoms with E-state index in [1.54, 1.807) is 24.3 Å². The van der Waals surface area contributed by atoms with Gasteiger partial charge in [0.05, 0.1) is 12.1 Å². The van der Waals surface area contributed by atoms with Gasteiger partial charge in [-0.05, 0) is 52.7 Å². The summed E-state index contributed by atoms with van der Waals surface area (Å²) in [4.78, 5) is 40.4. The third kappa shape index (κ3) is 4.40. The van der Waals surface area contributed by atoms with Crippen LogP contribution in [0.25, 0.3) is 10.8 Å². The van der Waals surface area contributed by atoms with Gasteiger partial charge in [-0.3, -0.25) is 25.6 Å². The summed E-state index contributed by atoms with van der Waals surface area (Å²) in [5, 5.41) is 7.64. The van der Waals surface area contributed by atoms with Gasteiger partial charge in [0.25, 0.3) is 5.84 Å². The average Bonchev–Trinajstić information content (AvgIpc) is 3.14. The molecule has 3 aromatic rings. The molecule has 2 amide bonds. The molecular weight excluding hydrogens is 392 g/mol. The van der Waals surface area contributed by atoms with Crippen molar-refractivity contribution in [2.24, 2.45) is 10.7 Å². The van der Waals surface area contributed by atoms with Gasteiger partial charge in [0.2, 0.25) is 0 Å². The van der Waals surface area contributed by atoms with E-state index >= 15 is 0 Å². The zero-order valence-electron chi connectivity index (χ0n) is 16.0. The molecule has 7 heteroatoms. The molecule has 1 aliphatic heterocycles. The van der Waals surface area contributed by atoms with Gasteiger partial charge in [-0.2, -0.15) is 4.99 Å². The summed E-state index contributed by atoms with van der Waals surface area (Å²) >= 11 is 0. The Morgan fingerprint density at radius 3 is 2.32 bits per heavy atom. The van der Waals surface area contributed by atoms with Crippen LogP contribution in [0.2, 0.25) is 0 Å². The van der Waals surface area contributed by atoms with E-state index in [-0.39, 0.29) is 37.7 Å². The number of amides is 2. The summed E-state index contributed by atoms with van der Waals surface area (Å²) in [6.45, 7) is 0.141. The minimum absolute atomic E-state index is 0. The van der Waals surface area contributed by atoms with Gasteiger partial charge in [-0.15, -0.1) is 0 Å². The van der Waals surface area contributed by atoms with Crippen molar-refractivity contribution >= 4 is 46.1 Å². The number of Topliss-reactive ketones (excluding diaryl/α,β-unsaturated/α-hetero) is 1. The SMILES string of the molecule is C.NC(=[NH2+])c1ccc2cc(CC(=O)c3ccc(N4CC(C=O)=NC4=O)cc3)ccc2c1. The molecule has 0 saturated heterocycles. The van der Waals surface area contributed by atoms with E-state index in [9.17, 15) is 14.4 Å². The summed E-state index contributed by atoms with van der Waals surface area (Å²) in [6, 6.07) is 17.8. The van der Waals surface area contributed by atoms with Crippen LogP contribution in [0.3, 0.4) is 0 Å². The Hall–Kier alpha value is -4.13. The van der Waals surface area contributed by atoms with Crippen molar-refractivity contribution in [1.82, 2.24) is 0 Å². The van der Waals surface area contributed by atoms with E-state index in [0.717, 1.165) is 21.9 Å². The monoisotopic (exact) mass is 415 g/mol. The lowest BCUT2D eigenvalue weighted by molar-refractivity contribution is -0.114. The molecule has 31 heavy (non-hydrogen) atoms. The lowest BCUT2D eigenvalue weighted by atomic mass is 9.99. The van der Waals surface area contributed by atoms with Crippen LogP contribution >= 0.6 is 0 Å². The zero-order chi connectivity index (χ0) is 21.3. The highest BCUT2D eigenvalue weighted by Gasteiger charge is 2.24. The first-order valence-corrected chi connectivity index (χ1v) is 9.33. The smallest absolute Gasteiger partial charge is 0.296 e. The van der Waals surface area contributed by atoms with E-state index in [1.165, 1.54) is 4.90 Å². The average molecular weight is 415 g/mol. The molecule has 0 spiro atoms. The van der Waals surface area contributed by atoms with Crippen molar-refractivity contribution in [2.45, 2.75) is 13.8 Å². The molecule has 1 heterocycles. The minimum atomic E-state index is -0.482. The van der Waals surface area contributed by atoms with Crippen LogP contribution in [-0.4, -0.2) is 36.2 Å². The van der Waals surface area contributed by atoms with Crippen LogP contribution < -0.4 is 16.0 Å². The van der Waals surface area contributed by atoms with Gasteiger partial charge in [-0.25, -0.2) is 4.79 Å². The summed E-state index contributed by atoms with van der Waals surface area (Å²) in [5.41, 5.74) is 8.64. The normalized spacial score (nSPS) is 13.0. The molecule has 0 fully saturated rings. The van der Waals surface area contributed by atoms with Crippen LogP contribution in [0.15, 0.2) is 65.7 Å². The number of anilines is 1. The van der Waals surface area contributed by atoms with Gasteiger partial charge in [0, 0.05) is 17.7 Å². The van der Waals surface area contributed by atoms with E-state index in [0.29, 0.717) is 17.5 Å². The number of aliphatic imine (C=N–C) groups is 1. The van der Waals surface area contributed by atoms with Crippen LogP contribution in [-0.2, 0) is 11.2 Å². The molecule has 156 valence electrons. The summed E-state index contributed by atoms with van der Waals surface area (Å²) in [5.74, 6) is 0.235. The van der Waals surface area contributed by atoms with Crippen molar-refractivity contribution in [3.63, 3.8) is 0 Å². The maximum absolute atomic E-state index is 12.7. The fraction of sp³-hybridized carbons (Fsp3) is 0.125. The number of hydrogen-bond donors (Lipinski definition) is 2. The van der Waals surface area contributed by atoms with Crippen LogP contribution in [0.4, 0.5) is 10.5 Å². The van der Waals surface area contributed by atoms with Crippen molar-refractivity contribution in [3.05, 3.63) is 77.4 Å². The zero-order valence-corrected chi connectivity index (χ0v) is 16.0. The molecule has 7 nitrogen and oxygen atoms in total. The third-order valence-corrected chi connectivity index (χ3v) is 5.03. The molecule has 4 rings (SSSR count). The number of nitrogens with zero attached hydrogens (tertiary/aromatic N) is 2. The second-order valence-corrected chi connectivity index (χ2v) is 7.09. The number of hydrogen-bond acceptors (Lipinski definition) is 3. The number of ketones is 1. The fourth-order valence-corrected chi connectivity index (χ4v) is 3.41. The number of nitrogens with two attached hydrogens (primary N) is 2. The molecule has 0 unspecified atom stereocenters. The molecule has 0 radical (unpaired) electrons. The highest BCUT2D eigenvalue weighted by Crippen LogP contribution is 2.22. The maximum atomic E-state index is 12.7. The molecule has 0 atom stereocenters. The van der Waals surface area contributed by atoms with Gasteiger partial charge in [0.15, 0.2) is 12.1 Å². The van der Waals surface area contributed by atoms with Crippen molar-refractivity contribution in [3.8, 4) is 0 Å². The molecule has 4 N–H and O–H groups in total. The number of rotatable bonds is 6. The molecular formula is C24H23N4O3+. The standard InChI is InChI=1S/C23H18N4O3.CH4/c24-22(25)18-4-3-16-9-14(1-2-17(16)11-18)10-21(29)15-5-7-20(8-6-15)27-12-19(13-28)26-23(27)30;/h1-9,11,13H,10,12H2,(H3,24,25);1H4/p+1. The van der Waals surface area contributed by atoms with Crippen molar-refractivity contribution in [1.29, 1.82) is 0 Å². The Labute approximate surface area is 179 Å².